The summed E-state index contributed by atoms with van der Waals surface area (Å²) in [5.41, 5.74) is -1.36. The number of piperidine rings is 1. The van der Waals surface area contributed by atoms with Gasteiger partial charge >= 0.3 is 6.18 Å². The molecule has 2 aromatic rings. The molecule has 0 radical (unpaired) electrons. The normalized spacial score (nSPS) is 23.4. The van der Waals surface area contributed by atoms with Gasteiger partial charge in [-0.2, -0.15) is 18.3 Å². The number of methoxy groups -OCH3 is 1. The molecule has 1 aliphatic heterocycles. The predicted octanol–water partition coefficient (Wildman–Crippen LogP) is 3.34. The number of nitrogens with zero attached hydrogens (tertiary/aromatic N) is 3. The first-order chi connectivity index (χ1) is 17.0. The van der Waals surface area contributed by atoms with Gasteiger partial charge in [-0.05, 0) is 44.6 Å². The van der Waals surface area contributed by atoms with Crippen LogP contribution < -0.4 is 10.1 Å². The fraction of sp³-hybridized carbons (Fsp3) is 0.565. The molecule has 196 valence electrons. The SMILES string of the molecule is COc1cc(-c2cc(C(=O)N3CCC(C(=O)N[C@H]4CC[C@@](O)(C(F)(F)F)CC4)CC3)n[nH]2)c(Cl)cn1. The van der Waals surface area contributed by atoms with Crippen molar-refractivity contribution in [3.05, 3.63) is 29.0 Å². The quantitative estimate of drug-likeness (QED) is 0.546. The number of amides is 2. The molecule has 2 amide bonds. The van der Waals surface area contributed by atoms with Gasteiger partial charge in [0.25, 0.3) is 5.91 Å². The highest BCUT2D eigenvalue weighted by Gasteiger charge is 2.54. The summed E-state index contributed by atoms with van der Waals surface area (Å²) in [5, 5.41) is 19.9. The van der Waals surface area contributed by atoms with Gasteiger partial charge in [0.15, 0.2) is 11.3 Å². The average Bonchev–Trinajstić information content (AvgIpc) is 3.35. The first-order valence-electron chi connectivity index (χ1n) is 11.6. The second-order valence-corrected chi connectivity index (χ2v) is 9.66. The van der Waals surface area contributed by atoms with Gasteiger partial charge in [-0.15, -0.1) is 0 Å². The number of halogens is 4. The van der Waals surface area contributed by atoms with Crippen LogP contribution in [0.25, 0.3) is 11.3 Å². The fourth-order valence-electron chi connectivity index (χ4n) is 4.66. The van der Waals surface area contributed by atoms with Gasteiger partial charge in [0.1, 0.15) is 0 Å². The van der Waals surface area contributed by atoms with Crippen LogP contribution in [0.4, 0.5) is 13.2 Å². The number of aromatic amines is 1. The maximum atomic E-state index is 13.0. The molecule has 2 aliphatic rings. The third-order valence-electron chi connectivity index (χ3n) is 6.97. The highest BCUT2D eigenvalue weighted by molar-refractivity contribution is 6.33. The molecule has 3 heterocycles. The Balaban J connectivity index is 1.29. The number of carbonyl (C=O) groups excluding carboxylic acids is 2. The second-order valence-electron chi connectivity index (χ2n) is 9.25. The Kier molecular flexibility index (Phi) is 7.46. The standard InChI is InChI=1S/C23H27ClF3N5O4/c1-36-19-10-15(16(24)12-28-19)17-11-18(31-30-17)21(34)32-8-4-13(5-9-32)20(33)29-14-2-6-22(35,7-3-14)23(25,26)27/h10-14,35H,2-9H2,1H3,(H,29,33)(H,30,31)/t14-,22-. The number of hydrogen-bond acceptors (Lipinski definition) is 6. The zero-order chi connectivity index (χ0) is 26.1. The number of ether oxygens (including phenoxy) is 1. The zero-order valence-corrected chi connectivity index (χ0v) is 20.3. The smallest absolute Gasteiger partial charge is 0.417 e. The summed E-state index contributed by atoms with van der Waals surface area (Å²) in [6.45, 7) is 0.697. The summed E-state index contributed by atoms with van der Waals surface area (Å²) >= 11 is 6.21. The molecule has 0 aromatic carbocycles. The second kappa shape index (κ2) is 10.3. The highest BCUT2D eigenvalue weighted by atomic mass is 35.5. The lowest BCUT2D eigenvalue weighted by Crippen LogP contribution is -2.52. The number of pyridine rings is 1. The van der Waals surface area contributed by atoms with Crippen molar-refractivity contribution in [3.8, 4) is 17.1 Å². The topological polar surface area (TPSA) is 120 Å². The Morgan fingerprint density at radius 2 is 1.89 bits per heavy atom. The molecule has 13 heteroatoms. The van der Waals surface area contributed by atoms with Gasteiger partial charge in [0, 0.05) is 36.7 Å². The number of H-pyrrole nitrogens is 1. The zero-order valence-electron chi connectivity index (χ0n) is 19.6. The molecule has 1 saturated heterocycles. The van der Waals surface area contributed by atoms with Crippen molar-refractivity contribution in [3.63, 3.8) is 0 Å². The van der Waals surface area contributed by atoms with Crippen LogP contribution >= 0.6 is 11.6 Å². The molecule has 0 atom stereocenters. The number of rotatable bonds is 5. The summed E-state index contributed by atoms with van der Waals surface area (Å²) in [6, 6.07) is 2.82. The summed E-state index contributed by atoms with van der Waals surface area (Å²) in [5.74, 6) is -0.489. The van der Waals surface area contributed by atoms with Gasteiger partial charge < -0.3 is 20.1 Å². The number of alkyl halides is 3. The van der Waals surface area contributed by atoms with Crippen molar-refractivity contribution < 1.29 is 32.6 Å². The van der Waals surface area contributed by atoms with Crippen LogP contribution in [-0.4, -0.2) is 75.0 Å². The molecule has 0 bridgehead atoms. The maximum absolute atomic E-state index is 13.0. The van der Waals surface area contributed by atoms with Crippen molar-refractivity contribution in [2.24, 2.45) is 5.92 Å². The molecule has 1 aliphatic carbocycles. The number of aromatic nitrogens is 3. The van der Waals surface area contributed by atoms with Gasteiger partial charge in [-0.25, -0.2) is 4.98 Å². The van der Waals surface area contributed by atoms with Crippen molar-refractivity contribution in [2.75, 3.05) is 20.2 Å². The Morgan fingerprint density at radius 3 is 2.50 bits per heavy atom. The number of hydrogen-bond donors (Lipinski definition) is 3. The van der Waals surface area contributed by atoms with E-state index in [0.29, 0.717) is 48.1 Å². The van der Waals surface area contributed by atoms with Gasteiger partial charge in [-0.3, -0.25) is 14.7 Å². The number of nitrogens with one attached hydrogen (secondary N) is 2. The molecular formula is C23H27ClF3N5O4. The van der Waals surface area contributed by atoms with Crippen LogP contribution in [0.15, 0.2) is 18.3 Å². The third-order valence-corrected chi connectivity index (χ3v) is 7.27. The molecule has 36 heavy (non-hydrogen) atoms. The largest absolute Gasteiger partial charge is 0.481 e. The van der Waals surface area contributed by atoms with Gasteiger partial charge in [0.2, 0.25) is 11.8 Å². The summed E-state index contributed by atoms with van der Waals surface area (Å²) in [7, 11) is 1.48. The van der Waals surface area contributed by atoms with Crippen LogP contribution in [0.3, 0.4) is 0 Å². The molecule has 3 N–H and O–H groups in total. The van der Waals surface area contributed by atoms with Crippen molar-refractivity contribution >= 4 is 23.4 Å². The van der Waals surface area contributed by atoms with E-state index in [1.807, 2.05) is 0 Å². The molecule has 0 spiro atoms. The number of carbonyl (C=O) groups is 2. The van der Waals surface area contributed by atoms with E-state index < -0.39 is 30.7 Å². The minimum atomic E-state index is -4.67. The van der Waals surface area contributed by atoms with E-state index in [1.165, 1.54) is 13.3 Å². The van der Waals surface area contributed by atoms with Crippen LogP contribution in [0.2, 0.25) is 5.02 Å². The van der Waals surface area contributed by atoms with Crippen LogP contribution in [0.5, 0.6) is 5.88 Å². The third kappa shape index (κ3) is 5.44. The van der Waals surface area contributed by atoms with Crippen LogP contribution in [0, 0.1) is 5.92 Å². The lowest BCUT2D eigenvalue weighted by molar-refractivity contribution is -0.270. The van der Waals surface area contributed by atoms with E-state index >= 15 is 0 Å². The molecule has 1 saturated carbocycles. The van der Waals surface area contributed by atoms with E-state index in [-0.39, 0.29) is 36.3 Å². The molecule has 2 aromatic heterocycles. The predicted molar refractivity (Wildman–Crippen MR) is 123 cm³/mol. The molecule has 9 nitrogen and oxygen atoms in total. The van der Waals surface area contributed by atoms with Crippen LogP contribution in [-0.2, 0) is 4.79 Å². The van der Waals surface area contributed by atoms with E-state index in [2.05, 4.69) is 20.5 Å². The Bertz CT molecular complexity index is 1110. The Morgan fingerprint density at radius 1 is 1.22 bits per heavy atom. The van der Waals surface area contributed by atoms with Crippen molar-refractivity contribution in [1.29, 1.82) is 0 Å². The number of likely N-dealkylation sites (tertiary alicyclic amines) is 1. The first kappa shape index (κ1) is 26.2. The minimum Gasteiger partial charge on any atom is -0.481 e. The van der Waals surface area contributed by atoms with E-state index in [0.717, 1.165) is 0 Å². The summed E-state index contributed by atoms with van der Waals surface area (Å²) < 4.78 is 44.0. The Hall–Kier alpha value is -2.86. The van der Waals surface area contributed by atoms with Gasteiger partial charge in [-0.1, -0.05) is 11.6 Å². The van der Waals surface area contributed by atoms with Crippen molar-refractivity contribution in [1.82, 2.24) is 25.4 Å². The molecule has 0 unspecified atom stereocenters. The minimum absolute atomic E-state index is 0.0634. The fourth-order valence-corrected chi connectivity index (χ4v) is 4.86. The summed E-state index contributed by atoms with van der Waals surface area (Å²) in [4.78, 5) is 31.2. The Labute approximate surface area is 210 Å². The lowest BCUT2D eigenvalue weighted by Gasteiger charge is -2.38. The maximum Gasteiger partial charge on any atom is 0.417 e. The van der Waals surface area contributed by atoms with E-state index in [9.17, 15) is 27.9 Å². The van der Waals surface area contributed by atoms with E-state index in [1.54, 1.807) is 17.0 Å². The monoisotopic (exact) mass is 529 g/mol. The first-order valence-corrected chi connectivity index (χ1v) is 12.0. The lowest BCUT2D eigenvalue weighted by atomic mass is 9.81. The highest BCUT2D eigenvalue weighted by Crippen LogP contribution is 2.41. The van der Waals surface area contributed by atoms with E-state index in [4.69, 9.17) is 16.3 Å². The van der Waals surface area contributed by atoms with Crippen LogP contribution in [0.1, 0.15) is 49.0 Å². The molecule has 2 fully saturated rings. The molecule has 4 rings (SSSR count). The molecular weight excluding hydrogens is 503 g/mol. The average molecular weight is 530 g/mol. The number of aliphatic hydroxyl groups is 1. The van der Waals surface area contributed by atoms with Crippen molar-refractivity contribution in [2.45, 2.75) is 56.3 Å². The van der Waals surface area contributed by atoms with Gasteiger partial charge in [0.05, 0.1) is 24.0 Å². The summed E-state index contributed by atoms with van der Waals surface area (Å²) in [6.07, 6.45) is -3.11.